The molecule has 0 aliphatic carbocycles. The third kappa shape index (κ3) is 4.46. The average molecular weight is 458 g/mol. The van der Waals surface area contributed by atoms with Gasteiger partial charge < -0.3 is 24.5 Å². The summed E-state index contributed by atoms with van der Waals surface area (Å²) in [6.45, 7) is 1.72. The molecule has 34 heavy (non-hydrogen) atoms. The van der Waals surface area contributed by atoms with Gasteiger partial charge in [-0.3, -0.25) is 4.79 Å². The molecule has 4 rings (SSSR count). The van der Waals surface area contributed by atoms with E-state index in [1.807, 2.05) is 6.07 Å². The Morgan fingerprint density at radius 1 is 1.09 bits per heavy atom. The summed E-state index contributed by atoms with van der Waals surface area (Å²) in [5.41, 5.74) is 1.07. The maximum Gasteiger partial charge on any atom is 0.339 e. The number of benzene rings is 2. The summed E-state index contributed by atoms with van der Waals surface area (Å²) >= 11 is 0. The molecule has 1 amide bonds. The number of aromatic amines is 1. The Bertz CT molecular complexity index is 1470. The van der Waals surface area contributed by atoms with Crippen molar-refractivity contribution in [2.45, 2.75) is 6.92 Å². The number of carbonyl (C=O) groups excluding carboxylic acids is 1. The van der Waals surface area contributed by atoms with Crippen LogP contribution in [0, 0.1) is 18.3 Å². The van der Waals surface area contributed by atoms with E-state index < -0.39 is 5.97 Å². The van der Waals surface area contributed by atoms with E-state index in [0.29, 0.717) is 22.7 Å². The van der Waals surface area contributed by atoms with Gasteiger partial charge in [0.25, 0.3) is 11.8 Å². The highest BCUT2D eigenvalue weighted by atomic mass is 16.5. The molecule has 0 saturated carbocycles. The normalized spacial score (nSPS) is 10.5. The van der Waals surface area contributed by atoms with E-state index in [-0.39, 0.29) is 40.3 Å². The summed E-state index contributed by atoms with van der Waals surface area (Å²) in [5, 5.41) is 18.6. The molecular weight excluding hydrogens is 440 g/mol. The van der Waals surface area contributed by atoms with Gasteiger partial charge in [-0.2, -0.15) is 15.2 Å². The van der Waals surface area contributed by atoms with Gasteiger partial charge in [-0.15, -0.1) is 0 Å². The van der Waals surface area contributed by atoms with Crippen LogP contribution in [0.15, 0.2) is 42.5 Å². The van der Waals surface area contributed by atoms with E-state index in [1.165, 1.54) is 23.1 Å². The minimum absolute atomic E-state index is 0.0587. The number of carboxylic acid groups (broad SMARTS) is 1. The maximum absolute atomic E-state index is 12.3. The van der Waals surface area contributed by atoms with Crippen LogP contribution in [0.5, 0.6) is 23.4 Å². The van der Waals surface area contributed by atoms with Crippen LogP contribution in [0.2, 0.25) is 0 Å². The SMILES string of the molecule is Cc1nc2nc(Oc3cc(C#N)ccc3C(=O)O)nc(Oc3cccc(C(=O)N(C)C)c3)c2[nH]1. The first-order valence-electron chi connectivity index (χ1n) is 9.94. The van der Waals surface area contributed by atoms with E-state index in [4.69, 9.17) is 14.7 Å². The number of ether oxygens (including phenoxy) is 2. The zero-order valence-electron chi connectivity index (χ0n) is 18.4. The van der Waals surface area contributed by atoms with Gasteiger partial charge in [0.05, 0.1) is 11.6 Å². The third-order valence-electron chi connectivity index (χ3n) is 4.66. The Morgan fingerprint density at radius 2 is 1.88 bits per heavy atom. The van der Waals surface area contributed by atoms with Crippen molar-refractivity contribution in [3.8, 4) is 29.5 Å². The van der Waals surface area contributed by atoms with Gasteiger partial charge in [-0.25, -0.2) is 9.78 Å². The number of amides is 1. The molecule has 2 aromatic heterocycles. The number of aromatic nitrogens is 4. The number of aryl methyl sites for hydroxylation is 1. The molecule has 2 aromatic carbocycles. The number of fused-ring (bicyclic) bond motifs is 1. The van der Waals surface area contributed by atoms with E-state index in [9.17, 15) is 14.7 Å². The van der Waals surface area contributed by atoms with Crippen LogP contribution in [0.25, 0.3) is 11.2 Å². The number of H-pyrrole nitrogens is 1. The number of hydrogen-bond donors (Lipinski definition) is 2. The van der Waals surface area contributed by atoms with Gasteiger partial charge in [0.15, 0.2) is 5.65 Å². The second-order valence-electron chi connectivity index (χ2n) is 7.39. The minimum Gasteiger partial charge on any atom is -0.478 e. The summed E-state index contributed by atoms with van der Waals surface area (Å²) in [6, 6.07) is 12.2. The maximum atomic E-state index is 12.3. The van der Waals surface area contributed by atoms with Crippen molar-refractivity contribution in [2.24, 2.45) is 0 Å². The molecule has 0 aliphatic heterocycles. The van der Waals surface area contributed by atoms with Crippen molar-refractivity contribution >= 4 is 23.0 Å². The Kier molecular flexibility index (Phi) is 5.80. The third-order valence-corrected chi connectivity index (χ3v) is 4.66. The quantitative estimate of drug-likeness (QED) is 0.441. The summed E-state index contributed by atoms with van der Waals surface area (Å²) in [4.78, 5) is 41.1. The van der Waals surface area contributed by atoms with Crippen LogP contribution in [-0.4, -0.2) is 55.9 Å². The van der Waals surface area contributed by atoms with Crippen molar-refractivity contribution in [2.75, 3.05) is 14.1 Å². The first-order chi connectivity index (χ1) is 16.2. The molecule has 0 aliphatic rings. The van der Waals surface area contributed by atoms with Crippen molar-refractivity contribution in [1.82, 2.24) is 24.8 Å². The number of nitrogens with zero attached hydrogens (tertiary/aromatic N) is 5. The molecule has 0 saturated heterocycles. The van der Waals surface area contributed by atoms with Crippen molar-refractivity contribution in [3.05, 3.63) is 65.0 Å². The summed E-state index contributed by atoms with van der Waals surface area (Å²) in [7, 11) is 3.29. The monoisotopic (exact) mass is 458 g/mol. The number of carboxylic acids is 1. The molecular formula is C23H18N6O5. The van der Waals surface area contributed by atoms with Crippen LogP contribution in [0.3, 0.4) is 0 Å². The molecule has 11 heteroatoms. The van der Waals surface area contributed by atoms with Gasteiger partial charge in [0, 0.05) is 19.7 Å². The number of nitriles is 1. The van der Waals surface area contributed by atoms with Gasteiger partial charge in [-0.1, -0.05) is 6.07 Å². The number of hydrogen-bond acceptors (Lipinski definition) is 8. The Labute approximate surface area is 193 Å². The number of rotatable bonds is 6. The first-order valence-corrected chi connectivity index (χ1v) is 9.94. The van der Waals surface area contributed by atoms with E-state index in [0.717, 1.165) is 0 Å². The van der Waals surface area contributed by atoms with E-state index in [2.05, 4.69) is 19.9 Å². The highest BCUT2D eigenvalue weighted by Crippen LogP contribution is 2.31. The Hall–Kier alpha value is -4.98. The van der Waals surface area contributed by atoms with Gasteiger partial charge in [-0.05, 0) is 43.3 Å². The van der Waals surface area contributed by atoms with Crippen LogP contribution in [0.1, 0.15) is 32.1 Å². The Balaban J connectivity index is 1.76. The lowest BCUT2D eigenvalue weighted by molar-refractivity contribution is 0.0693. The fraction of sp³-hybridized carbons (Fsp3) is 0.130. The molecule has 0 radical (unpaired) electrons. The fourth-order valence-corrected chi connectivity index (χ4v) is 3.10. The molecule has 0 unspecified atom stereocenters. The van der Waals surface area contributed by atoms with Crippen LogP contribution in [0.4, 0.5) is 0 Å². The summed E-state index contributed by atoms with van der Waals surface area (Å²) < 4.78 is 11.6. The molecule has 170 valence electrons. The van der Waals surface area contributed by atoms with Crippen molar-refractivity contribution < 1.29 is 24.2 Å². The molecule has 2 N–H and O–H groups in total. The van der Waals surface area contributed by atoms with Crippen LogP contribution in [-0.2, 0) is 0 Å². The summed E-state index contributed by atoms with van der Waals surface area (Å²) in [6.07, 6.45) is 0. The molecule has 2 heterocycles. The molecule has 4 aromatic rings. The average Bonchev–Trinajstić information content (AvgIpc) is 3.18. The number of imidazole rings is 1. The van der Waals surface area contributed by atoms with Gasteiger partial charge in [0.1, 0.15) is 28.4 Å². The van der Waals surface area contributed by atoms with Crippen molar-refractivity contribution in [3.63, 3.8) is 0 Å². The molecule has 0 atom stereocenters. The smallest absolute Gasteiger partial charge is 0.339 e. The molecule has 0 fully saturated rings. The lowest BCUT2D eigenvalue weighted by Gasteiger charge is -2.12. The predicted molar refractivity (Wildman–Crippen MR) is 119 cm³/mol. The Morgan fingerprint density at radius 3 is 2.59 bits per heavy atom. The van der Waals surface area contributed by atoms with Crippen molar-refractivity contribution in [1.29, 1.82) is 5.26 Å². The van der Waals surface area contributed by atoms with E-state index in [1.54, 1.807) is 45.3 Å². The predicted octanol–water partition coefficient (Wildman–Crippen LogP) is 3.52. The standard InChI is InChI=1S/C23H18N6O5/c1-12-25-18-19(26-12)27-23(34-17-9-13(11-24)7-8-16(17)22(31)32)28-20(18)33-15-6-4-5-14(10-15)21(30)29(2)3/h4-10H,1-3H3,(H,31,32)(H,25,26,27,28). The largest absolute Gasteiger partial charge is 0.478 e. The zero-order valence-corrected chi connectivity index (χ0v) is 18.4. The second-order valence-corrected chi connectivity index (χ2v) is 7.39. The topological polar surface area (TPSA) is 154 Å². The molecule has 11 nitrogen and oxygen atoms in total. The van der Waals surface area contributed by atoms with Crippen LogP contribution >= 0.6 is 0 Å². The van der Waals surface area contributed by atoms with Gasteiger partial charge >= 0.3 is 12.0 Å². The zero-order chi connectivity index (χ0) is 24.4. The lowest BCUT2D eigenvalue weighted by atomic mass is 10.1. The minimum atomic E-state index is -1.24. The number of carbonyl (C=O) groups is 2. The fourth-order valence-electron chi connectivity index (χ4n) is 3.10. The van der Waals surface area contributed by atoms with Gasteiger partial charge in [0.2, 0.25) is 0 Å². The number of nitrogens with one attached hydrogen (secondary N) is 1. The van der Waals surface area contributed by atoms with Crippen LogP contribution < -0.4 is 9.47 Å². The highest BCUT2D eigenvalue weighted by molar-refractivity contribution is 5.94. The lowest BCUT2D eigenvalue weighted by Crippen LogP contribution is -2.21. The summed E-state index contributed by atoms with van der Waals surface area (Å²) in [5.74, 6) is -0.608. The van der Waals surface area contributed by atoms with E-state index >= 15 is 0 Å². The molecule has 0 spiro atoms. The second kappa shape index (κ2) is 8.87. The highest BCUT2D eigenvalue weighted by Gasteiger charge is 2.19. The number of aromatic carboxylic acids is 1. The molecule has 0 bridgehead atoms. The first kappa shape index (κ1) is 22.2.